The number of hydrogen-bond donors (Lipinski definition) is 1. The van der Waals surface area contributed by atoms with Gasteiger partial charge in [0.15, 0.2) is 0 Å². The van der Waals surface area contributed by atoms with E-state index in [0.29, 0.717) is 12.1 Å². The van der Waals surface area contributed by atoms with Crippen molar-refractivity contribution in [2.45, 2.75) is 38.9 Å². The monoisotopic (exact) mass is 237 g/mol. The number of nitrogens with one attached hydrogen (secondary N) is 1. The molecule has 1 aromatic rings. The van der Waals surface area contributed by atoms with E-state index in [9.17, 15) is 4.39 Å². The second kappa shape index (κ2) is 5.56. The Morgan fingerprint density at radius 3 is 3.06 bits per heavy atom. The Bertz CT molecular complexity index is 369. The van der Waals surface area contributed by atoms with Crippen LogP contribution in [0.5, 0.6) is 0 Å². The van der Waals surface area contributed by atoms with Crippen LogP contribution in [0.4, 0.5) is 4.39 Å². The molecular weight excluding hydrogens is 217 g/mol. The molecule has 3 nitrogen and oxygen atoms in total. The number of rotatable bonds is 3. The van der Waals surface area contributed by atoms with Crippen molar-refractivity contribution in [2.75, 3.05) is 13.1 Å². The van der Waals surface area contributed by atoms with Crippen LogP contribution >= 0.6 is 0 Å². The van der Waals surface area contributed by atoms with Gasteiger partial charge in [0.1, 0.15) is 5.82 Å². The van der Waals surface area contributed by atoms with Gasteiger partial charge in [-0.2, -0.15) is 0 Å². The van der Waals surface area contributed by atoms with Gasteiger partial charge < -0.3 is 5.32 Å². The zero-order valence-electron chi connectivity index (χ0n) is 10.5. The van der Waals surface area contributed by atoms with E-state index in [1.165, 1.54) is 6.20 Å². The normalized spacial score (nSPS) is 26.1. The molecule has 0 bridgehead atoms. The van der Waals surface area contributed by atoms with Crippen LogP contribution < -0.4 is 5.32 Å². The van der Waals surface area contributed by atoms with Crippen molar-refractivity contribution in [3.8, 4) is 0 Å². The summed E-state index contributed by atoms with van der Waals surface area (Å²) in [6.45, 7) is 7.20. The van der Waals surface area contributed by atoms with E-state index in [2.05, 4.69) is 29.0 Å². The molecule has 94 valence electrons. The summed E-state index contributed by atoms with van der Waals surface area (Å²) in [6, 6.07) is 2.61. The van der Waals surface area contributed by atoms with Crippen LogP contribution in [0.3, 0.4) is 0 Å². The third-order valence-corrected chi connectivity index (χ3v) is 3.42. The standard InChI is InChI=1S/C13H20FN3/c1-3-13-9-17(10(2)5-16-13)8-11-4-12(14)7-15-6-11/h4,6-7,10,13,16H,3,5,8-9H2,1-2H3. The Labute approximate surface area is 102 Å². The maximum Gasteiger partial charge on any atom is 0.141 e. The fourth-order valence-corrected chi connectivity index (χ4v) is 2.26. The van der Waals surface area contributed by atoms with Crippen molar-refractivity contribution in [1.82, 2.24) is 15.2 Å². The molecule has 2 unspecified atom stereocenters. The van der Waals surface area contributed by atoms with Gasteiger partial charge in [-0.15, -0.1) is 0 Å². The molecule has 2 heterocycles. The quantitative estimate of drug-likeness (QED) is 0.868. The molecule has 0 aromatic carbocycles. The molecule has 1 N–H and O–H groups in total. The van der Waals surface area contributed by atoms with Gasteiger partial charge >= 0.3 is 0 Å². The summed E-state index contributed by atoms with van der Waals surface area (Å²) in [6.07, 6.45) is 4.13. The van der Waals surface area contributed by atoms with E-state index in [-0.39, 0.29) is 5.82 Å². The molecule has 0 radical (unpaired) electrons. The lowest BCUT2D eigenvalue weighted by molar-refractivity contribution is 0.131. The third kappa shape index (κ3) is 3.23. The zero-order chi connectivity index (χ0) is 12.3. The maximum atomic E-state index is 13.1. The van der Waals surface area contributed by atoms with Crippen molar-refractivity contribution < 1.29 is 4.39 Å². The van der Waals surface area contributed by atoms with Crippen molar-refractivity contribution in [3.63, 3.8) is 0 Å². The first-order valence-electron chi connectivity index (χ1n) is 6.26. The Hall–Kier alpha value is -1.00. The average Bonchev–Trinajstić information content (AvgIpc) is 2.32. The van der Waals surface area contributed by atoms with Crippen LogP contribution in [0, 0.1) is 5.82 Å². The van der Waals surface area contributed by atoms with Gasteiger partial charge in [0.2, 0.25) is 0 Å². The summed E-state index contributed by atoms with van der Waals surface area (Å²) >= 11 is 0. The SMILES string of the molecule is CCC1CN(Cc2cncc(F)c2)C(C)CN1. The predicted octanol–water partition coefficient (Wildman–Crippen LogP) is 1.79. The van der Waals surface area contributed by atoms with E-state index in [0.717, 1.165) is 31.6 Å². The highest BCUT2D eigenvalue weighted by Crippen LogP contribution is 2.13. The first-order valence-corrected chi connectivity index (χ1v) is 6.26. The van der Waals surface area contributed by atoms with Crippen LogP contribution in [-0.4, -0.2) is 35.1 Å². The van der Waals surface area contributed by atoms with Gasteiger partial charge in [-0.25, -0.2) is 4.39 Å². The highest BCUT2D eigenvalue weighted by molar-refractivity contribution is 5.10. The van der Waals surface area contributed by atoms with Crippen molar-refractivity contribution in [3.05, 3.63) is 29.8 Å². The summed E-state index contributed by atoms with van der Waals surface area (Å²) < 4.78 is 13.1. The topological polar surface area (TPSA) is 28.2 Å². The fraction of sp³-hybridized carbons (Fsp3) is 0.615. The van der Waals surface area contributed by atoms with Crippen molar-refractivity contribution in [1.29, 1.82) is 0 Å². The summed E-state index contributed by atoms with van der Waals surface area (Å²) in [5.74, 6) is -0.252. The highest BCUT2D eigenvalue weighted by atomic mass is 19.1. The molecule has 1 aromatic heterocycles. The molecule has 2 rings (SSSR count). The molecule has 0 aliphatic carbocycles. The molecule has 0 amide bonds. The van der Waals surface area contributed by atoms with E-state index in [1.807, 2.05) is 0 Å². The average molecular weight is 237 g/mol. The van der Waals surface area contributed by atoms with E-state index in [4.69, 9.17) is 0 Å². The van der Waals surface area contributed by atoms with Gasteiger partial charge in [-0.3, -0.25) is 9.88 Å². The van der Waals surface area contributed by atoms with Crippen molar-refractivity contribution in [2.24, 2.45) is 0 Å². The fourth-order valence-electron chi connectivity index (χ4n) is 2.26. The molecule has 17 heavy (non-hydrogen) atoms. The molecule has 1 aliphatic rings. The third-order valence-electron chi connectivity index (χ3n) is 3.42. The number of piperazine rings is 1. The number of aromatic nitrogens is 1. The Morgan fingerprint density at radius 2 is 2.35 bits per heavy atom. The van der Waals surface area contributed by atoms with E-state index < -0.39 is 0 Å². The van der Waals surface area contributed by atoms with Crippen LogP contribution in [0.2, 0.25) is 0 Å². The first kappa shape index (κ1) is 12.5. The van der Waals surface area contributed by atoms with Gasteiger partial charge in [0.25, 0.3) is 0 Å². The molecule has 0 saturated carbocycles. The first-order chi connectivity index (χ1) is 8.19. The van der Waals surface area contributed by atoms with Gasteiger partial charge in [-0.1, -0.05) is 6.92 Å². The summed E-state index contributed by atoms with van der Waals surface area (Å²) in [7, 11) is 0. The minimum Gasteiger partial charge on any atom is -0.311 e. The summed E-state index contributed by atoms with van der Waals surface area (Å²) in [5, 5.41) is 3.51. The summed E-state index contributed by atoms with van der Waals surface area (Å²) in [4.78, 5) is 6.29. The van der Waals surface area contributed by atoms with Crippen LogP contribution in [0.15, 0.2) is 18.5 Å². The molecule has 0 spiro atoms. The molecule has 1 fully saturated rings. The van der Waals surface area contributed by atoms with Crippen LogP contribution in [-0.2, 0) is 6.54 Å². The number of hydrogen-bond acceptors (Lipinski definition) is 3. The molecule has 1 saturated heterocycles. The maximum absolute atomic E-state index is 13.1. The molecule has 4 heteroatoms. The lowest BCUT2D eigenvalue weighted by Crippen LogP contribution is -2.54. The second-order valence-electron chi connectivity index (χ2n) is 4.80. The Balaban J connectivity index is 2.01. The molecular formula is C13H20FN3. The minimum atomic E-state index is -0.252. The van der Waals surface area contributed by atoms with Crippen LogP contribution in [0.1, 0.15) is 25.8 Å². The molecule has 2 atom stereocenters. The smallest absolute Gasteiger partial charge is 0.141 e. The lowest BCUT2D eigenvalue weighted by atomic mass is 10.1. The number of pyridine rings is 1. The zero-order valence-corrected chi connectivity index (χ0v) is 10.5. The Morgan fingerprint density at radius 1 is 1.53 bits per heavy atom. The van der Waals surface area contributed by atoms with E-state index >= 15 is 0 Å². The highest BCUT2D eigenvalue weighted by Gasteiger charge is 2.23. The van der Waals surface area contributed by atoms with Gasteiger partial charge in [-0.05, 0) is 25.0 Å². The minimum absolute atomic E-state index is 0.252. The predicted molar refractivity (Wildman–Crippen MR) is 66.1 cm³/mol. The molecule has 1 aliphatic heterocycles. The van der Waals surface area contributed by atoms with Gasteiger partial charge in [0, 0.05) is 37.9 Å². The lowest BCUT2D eigenvalue weighted by Gasteiger charge is -2.38. The van der Waals surface area contributed by atoms with Gasteiger partial charge in [0.05, 0.1) is 6.20 Å². The second-order valence-corrected chi connectivity index (χ2v) is 4.80. The number of nitrogens with zero attached hydrogens (tertiary/aromatic N) is 2. The summed E-state index contributed by atoms with van der Waals surface area (Å²) in [5.41, 5.74) is 0.952. The van der Waals surface area contributed by atoms with E-state index in [1.54, 1.807) is 12.3 Å². The number of halogens is 1. The van der Waals surface area contributed by atoms with Crippen molar-refractivity contribution >= 4 is 0 Å². The Kier molecular flexibility index (Phi) is 4.07. The largest absolute Gasteiger partial charge is 0.311 e. The van der Waals surface area contributed by atoms with Crippen LogP contribution in [0.25, 0.3) is 0 Å².